The van der Waals surface area contributed by atoms with Gasteiger partial charge in [-0.05, 0) is 35.4 Å². The quantitative estimate of drug-likeness (QED) is 0.515. The molecule has 1 heterocycles. The molecule has 6 heteroatoms. The monoisotopic (exact) mass is 354 g/mol. The van der Waals surface area contributed by atoms with Crippen LogP contribution in [-0.2, 0) is 19.1 Å². The van der Waals surface area contributed by atoms with Crippen LogP contribution < -0.4 is 4.74 Å². The Morgan fingerprint density at radius 1 is 0.885 bits per heavy atom. The van der Waals surface area contributed by atoms with Crippen LogP contribution in [-0.4, -0.2) is 33.3 Å². The van der Waals surface area contributed by atoms with E-state index in [1.54, 1.807) is 13.2 Å². The number of rotatable bonds is 5. The van der Waals surface area contributed by atoms with Crippen molar-refractivity contribution in [1.82, 2.24) is 0 Å². The van der Waals surface area contributed by atoms with E-state index in [9.17, 15) is 9.59 Å². The fourth-order valence-electron chi connectivity index (χ4n) is 2.82. The Morgan fingerprint density at radius 3 is 2.08 bits per heavy atom. The van der Waals surface area contributed by atoms with Crippen molar-refractivity contribution in [2.45, 2.75) is 5.92 Å². The van der Waals surface area contributed by atoms with Crippen molar-refractivity contribution in [1.29, 1.82) is 0 Å². The number of furan rings is 1. The predicted octanol–water partition coefficient (Wildman–Crippen LogP) is 3.54. The molecule has 0 bridgehead atoms. The van der Waals surface area contributed by atoms with Crippen LogP contribution in [0.25, 0.3) is 22.1 Å². The predicted molar refractivity (Wildman–Crippen MR) is 95.0 cm³/mol. The molecule has 1 aromatic heterocycles. The summed E-state index contributed by atoms with van der Waals surface area (Å²) in [6.07, 6.45) is 1.39. The van der Waals surface area contributed by atoms with Gasteiger partial charge in [-0.3, -0.25) is 9.59 Å². The second-order valence-electron chi connectivity index (χ2n) is 5.61. The number of carbonyl (C=O) groups is 2. The maximum absolute atomic E-state index is 12.1. The Labute approximate surface area is 150 Å². The summed E-state index contributed by atoms with van der Waals surface area (Å²) < 4.78 is 20.2. The topological polar surface area (TPSA) is 75.0 Å². The molecule has 134 valence electrons. The Hall–Kier alpha value is -3.28. The maximum atomic E-state index is 12.1. The second-order valence-corrected chi connectivity index (χ2v) is 5.61. The van der Waals surface area contributed by atoms with Crippen molar-refractivity contribution in [3.05, 3.63) is 54.3 Å². The first-order chi connectivity index (χ1) is 12.6. The summed E-state index contributed by atoms with van der Waals surface area (Å²) in [6.45, 7) is 0. The summed E-state index contributed by atoms with van der Waals surface area (Å²) in [7, 11) is 4.06. The van der Waals surface area contributed by atoms with E-state index in [4.69, 9.17) is 18.6 Å². The van der Waals surface area contributed by atoms with E-state index < -0.39 is 17.9 Å². The summed E-state index contributed by atoms with van der Waals surface area (Å²) in [5, 5.41) is 0.652. The first-order valence-corrected chi connectivity index (χ1v) is 7.90. The van der Waals surface area contributed by atoms with E-state index in [1.165, 1.54) is 20.5 Å². The summed E-state index contributed by atoms with van der Waals surface area (Å²) in [4.78, 5) is 24.2. The standard InChI is InChI=1S/C20H18O6/c1-23-14-7-4-12(5-8-14)13-6-9-17-15(10-13)16(11-26-17)18(19(21)24-2)20(22)25-3/h4-11,18H,1-3H3. The Morgan fingerprint density at radius 2 is 1.50 bits per heavy atom. The molecule has 3 rings (SSSR count). The summed E-state index contributed by atoms with van der Waals surface area (Å²) >= 11 is 0. The number of methoxy groups -OCH3 is 3. The molecule has 0 fully saturated rings. The zero-order valence-electron chi connectivity index (χ0n) is 14.6. The highest BCUT2D eigenvalue weighted by molar-refractivity contribution is 6.04. The smallest absolute Gasteiger partial charge is 0.324 e. The Bertz CT molecular complexity index is 923. The molecular weight excluding hydrogens is 336 g/mol. The molecule has 2 aromatic carbocycles. The lowest BCUT2D eigenvalue weighted by molar-refractivity contribution is -0.154. The minimum absolute atomic E-state index is 0.411. The van der Waals surface area contributed by atoms with Gasteiger partial charge in [-0.25, -0.2) is 0 Å². The van der Waals surface area contributed by atoms with Gasteiger partial charge in [-0.1, -0.05) is 18.2 Å². The lowest BCUT2D eigenvalue weighted by Gasteiger charge is -2.11. The van der Waals surface area contributed by atoms with E-state index >= 15 is 0 Å². The summed E-state index contributed by atoms with van der Waals surface area (Å²) in [6, 6.07) is 13.2. The molecule has 0 radical (unpaired) electrons. The van der Waals surface area contributed by atoms with Crippen LogP contribution in [0, 0.1) is 0 Å². The van der Waals surface area contributed by atoms with Gasteiger partial charge >= 0.3 is 11.9 Å². The number of carbonyl (C=O) groups excluding carboxylic acids is 2. The zero-order valence-corrected chi connectivity index (χ0v) is 14.6. The van der Waals surface area contributed by atoms with Gasteiger partial charge in [0, 0.05) is 10.9 Å². The van der Waals surface area contributed by atoms with Crippen LogP contribution in [0.4, 0.5) is 0 Å². The van der Waals surface area contributed by atoms with Gasteiger partial charge in [0.1, 0.15) is 11.3 Å². The average Bonchev–Trinajstić information content (AvgIpc) is 3.10. The molecule has 3 aromatic rings. The van der Waals surface area contributed by atoms with Crippen molar-refractivity contribution in [3.63, 3.8) is 0 Å². The molecule has 0 unspecified atom stereocenters. The first-order valence-electron chi connectivity index (χ1n) is 7.90. The zero-order chi connectivity index (χ0) is 18.7. The molecule has 0 atom stereocenters. The number of ether oxygens (including phenoxy) is 3. The van der Waals surface area contributed by atoms with Crippen LogP contribution in [0.15, 0.2) is 53.1 Å². The van der Waals surface area contributed by atoms with Crippen molar-refractivity contribution < 1.29 is 28.2 Å². The molecule has 0 aliphatic heterocycles. The molecular formula is C20H18O6. The molecule has 26 heavy (non-hydrogen) atoms. The van der Waals surface area contributed by atoms with E-state index in [-0.39, 0.29) is 0 Å². The van der Waals surface area contributed by atoms with Crippen LogP contribution >= 0.6 is 0 Å². The fraction of sp³-hybridized carbons (Fsp3) is 0.200. The molecule has 0 aliphatic carbocycles. The third kappa shape index (κ3) is 3.13. The Balaban J connectivity index is 2.09. The molecule has 0 saturated heterocycles. The van der Waals surface area contributed by atoms with Crippen molar-refractivity contribution in [2.24, 2.45) is 0 Å². The number of benzene rings is 2. The van der Waals surface area contributed by atoms with Gasteiger partial charge in [-0.15, -0.1) is 0 Å². The van der Waals surface area contributed by atoms with Crippen molar-refractivity contribution >= 4 is 22.9 Å². The molecule has 0 saturated carbocycles. The summed E-state index contributed by atoms with van der Waals surface area (Å²) in [5.41, 5.74) is 2.85. The van der Waals surface area contributed by atoms with Crippen LogP contribution in [0.1, 0.15) is 11.5 Å². The normalized spacial score (nSPS) is 10.8. The van der Waals surface area contributed by atoms with E-state index in [1.807, 2.05) is 36.4 Å². The molecule has 0 spiro atoms. The van der Waals surface area contributed by atoms with Gasteiger partial charge < -0.3 is 18.6 Å². The SMILES string of the molecule is COC(=O)C(C(=O)OC)c1coc2ccc(-c3ccc(OC)cc3)cc12. The number of fused-ring (bicyclic) bond motifs is 1. The molecule has 0 amide bonds. The highest BCUT2D eigenvalue weighted by Gasteiger charge is 2.33. The maximum Gasteiger partial charge on any atom is 0.324 e. The molecule has 0 N–H and O–H groups in total. The van der Waals surface area contributed by atoms with Crippen molar-refractivity contribution in [3.8, 4) is 16.9 Å². The number of hydrogen-bond donors (Lipinski definition) is 0. The van der Waals surface area contributed by atoms with Crippen molar-refractivity contribution in [2.75, 3.05) is 21.3 Å². The van der Waals surface area contributed by atoms with Gasteiger partial charge in [0.25, 0.3) is 0 Å². The average molecular weight is 354 g/mol. The third-order valence-corrected chi connectivity index (χ3v) is 4.21. The lowest BCUT2D eigenvalue weighted by Crippen LogP contribution is -2.24. The van der Waals surface area contributed by atoms with Gasteiger partial charge in [0.2, 0.25) is 0 Å². The number of esters is 2. The number of hydrogen-bond acceptors (Lipinski definition) is 6. The van der Waals surface area contributed by atoms with E-state index in [0.717, 1.165) is 16.9 Å². The van der Waals surface area contributed by atoms with Gasteiger partial charge in [0.15, 0.2) is 5.92 Å². The van der Waals surface area contributed by atoms with E-state index in [2.05, 4.69) is 0 Å². The minimum Gasteiger partial charge on any atom is -0.497 e. The highest BCUT2D eigenvalue weighted by atomic mass is 16.5. The first kappa shape index (κ1) is 17.5. The van der Waals surface area contributed by atoms with Crippen LogP contribution in [0.2, 0.25) is 0 Å². The Kier molecular flexibility index (Phi) is 4.93. The molecule has 0 aliphatic rings. The van der Waals surface area contributed by atoms with Gasteiger partial charge in [-0.2, -0.15) is 0 Å². The largest absolute Gasteiger partial charge is 0.497 e. The minimum atomic E-state index is -1.20. The van der Waals surface area contributed by atoms with Crippen LogP contribution in [0.3, 0.4) is 0 Å². The lowest BCUT2D eigenvalue weighted by atomic mass is 9.96. The molecule has 6 nitrogen and oxygen atoms in total. The van der Waals surface area contributed by atoms with Crippen LogP contribution in [0.5, 0.6) is 5.75 Å². The van der Waals surface area contributed by atoms with Gasteiger partial charge in [0.05, 0.1) is 27.6 Å². The summed E-state index contributed by atoms with van der Waals surface area (Å²) in [5.74, 6) is -1.84. The second kappa shape index (κ2) is 7.31. The highest BCUT2D eigenvalue weighted by Crippen LogP contribution is 2.33. The third-order valence-electron chi connectivity index (χ3n) is 4.21. The van der Waals surface area contributed by atoms with E-state index in [0.29, 0.717) is 16.5 Å². The fourth-order valence-corrected chi connectivity index (χ4v) is 2.82.